The van der Waals surface area contributed by atoms with E-state index >= 15 is 0 Å². The van der Waals surface area contributed by atoms with Crippen LogP contribution in [0.2, 0.25) is 0 Å². The fraction of sp³-hybridized carbons (Fsp3) is 1.00. The van der Waals surface area contributed by atoms with Crippen LogP contribution in [0.5, 0.6) is 0 Å². The summed E-state index contributed by atoms with van der Waals surface area (Å²) in [5.41, 5.74) is 6.66. The summed E-state index contributed by atoms with van der Waals surface area (Å²) in [6.45, 7) is 16.7. The highest BCUT2D eigenvalue weighted by Gasteiger charge is 2.42. The maximum Gasteiger partial charge on any atom is 0.00698 e. The average Bonchev–Trinajstić information content (AvgIpc) is 2.38. The minimum atomic E-state index is 0.371. The lowest BCUT2D eigenvalue weighted by Gasteiger charge is -2.49. The van der Waals surface area contributed by atoms with Crippen molar-refractivity contribution in [1.82, 2.24) is 4.90 Å². The zero-order valence-electron chi connectivity index (χ0n) is 14.8. The summed E-state index contributed by atoms with van der Waals surface area (Å²) in [7, 11) is 0. The minimum Gasteiger partial charge on any atom is -0.327 e. The van der Waals surface area contributed by atoms with Crippen molar-refractivity contribution in [3.05, 3.63) is 0 Å². The summed E-state index contributed by atoms with van der Waals surface area (Å²) in [5.74, 6) is 1.42. The fourth-order valence-corrected chi connectivity index (χ4v) is 3.67. The predicted octanol–water partition coefficient (Wildman–Crippen LogP) is 4.29. The number of unbranched alkanes of at least 4 members (excludes halogenated alkanes) is 2. The number of nitrogens with two attached hydrogens (primary N) is 1. The van der Waals surface area contributed by atoms with Gasteiger partial charge in [-0.25, -0.2) is 0 Å². The van der Waals surface area contributed by atoms with E-state index in [0.29, 0.717) is 23.4 Å². The van der Waals surface area contributed by atoms with Crippen molar-refractivity contribution in [2.75, 3.05) is 13.1 Å². The van der Waals surface area contributed by atoms with Crippen LogP contribution < -0.4 is 5.73 Å². The van der Waals surface area contributed by atoms with Gasteiger partial charge in [-0.05, 0) is 56.9 Å². The van der Waals surface area contributed by atoms with Crippen molar-refractivity contribution in [3.63, 3.8) is 0 Å². The zero-order chi connectivity index (χ0) is 15.3. The second-order valence-corrected chi connectivity index (χ2v) is 7.84. The summed E-state index contributed by atoms with van der Waals surface area (Å²) in [6.07, 6.45) is 6.52. The van der Waals surface area contributed by atoms with Crippen molar-refractivity contribution in [2.24, 2.45) is 23.0 Å². The van der Waals surface area contributed by atoms with Gasteiger partial charge in [-0.1, -0.05) is 40.5 Å². The first-order valence-corrected chi connectivity index (χ1v) is 8.80. The Morgan fingerprint density at radius 1 is 1.20 bits per heavy atom. The Balaban J connectivity index is 2.63. The monoisotopic (exact) mass is 282 g/mol. The molecule has 1 fully saturated rings. The first-order chi connectivity index (χ1) is 9.30. The second kappa shape index (κ2) is 7.79. The SMILES string of the molecule is CCCCCN(CC1CCC(N)C(C)C1(C)C)C(C)C. The number of hydrogen-bond acceptors (Lipinski definition) is 2. The molecule has 0 aromatic heterocycles. The molecule has 20 heavy (non-hydrogen) atoms. The largest absolute Gasteiger partial charge is 0.327 e. The van der Waals surface area contributed by atoms with Gasteiger partial charge in [0.05, 0.1) is 0 Å². The van der Waals surface area contributed by atoms with Crippen LogP contribution in [-0.2, 0) is 0 Å². The van der Waals surface area contributed by atoms with Gasteiger partial charge in [0.15, 0.2) is 0 Å². The van der Waals surface area contributed by atoms with Crippen molar-refractivity contribution in [3.8, 4) is 0 Å². The molecule has 0 aliphatic heterocycles. The van der Waals surface area contributed by atoms with Gasteiger partial charge in [-0.3, -0.25) is 0 Å². The summed E-state index contributed by atoms with van der Waals surface area (Å²) in [4.78, 5) is 2.70. The molecule has 2 heteroatoms. The van der Waals surface area contributed by atoms with Gasteiger partial charge in [0.1, 0.15) is 0 Å². The van der Waals surface area contributed by atoms with Crippen LogP contribution in [0.15, 0.2) is 0 Å². The maximum absolute atomic E-state index is 6.29. The quantitative estimate of drug-likeness (QED) is 0.706. The van der Waals surface area contributed by atoms with Crippen molar-refractivity contribution in [2.45, 2.75) is 85.7 Å². The van der Waals surface area contributed by atoms with E-state index in [4.69, 9.17) is 5.73 Å². The molecule has 1 rings (SSSR count). The van der Waals surface area contributed by atoms with E-state index in [9.17, 15) is 0 Å². The molecular formula is C18H38N2. The Bertz CT molecular complexity index is 273. The molecule has 120 valence electrons. The second-order valence-electron chi connectivity index (χ2n) is 7.84. The molecule has 0 amide bonds. The van der Waals surface area contributed by atoms with Crippen LogP contribution in [0.3, 0.4) is 0 Å². The molecule has 2 nitrogen and oxygen atoms in total. The van der Waals surface area contributed by atoms with Crippen LogP contribution >= 0.6 is 0 Å². The molecule has 0 spiro atoms. The van der Waals surface area contributed by atoms with Crippen molar-refractivity contribution < 1.29 is 0 Å². The van der Waals surface area contributed by atoms with Crippen LogP contribution in [-0.4, -0.2) is 30.1 Å². The first-order valence-electron chi connectivity index (χ1n) is 8.80. The number of hydrogen-bond donors (Lipinski definition) is 1. The number of rotatable bonds is 7. The molecule has 3 atom stereocenters. The Hall–Kier alpha value is -0.0800. The molecular weight excluding hydrogens is 244 g/mol. The molecule has 0 bridgehead atoms. The topological polar surface area (TPSA) is 29.3 Å². The highest BCUT2D eigenvalue weighted by atomic mass is 15.1. The molecule has 0 aromatic rings. The van der Waals surface area contributed by atoms with Crippen LogP contribution in [0.4, 0.5) is 0 Å². The van der Waals surface area contributed by atoms with Crippen molar-refractivity contribution in [1.29, 1.82) is 0 Å². The average molecular weight is 283 g/mol. The third kappa shape index (κ3) is 4.46. The molecule has 0 heterocycles. The lowest BCUT2D eigenvalue weighted by Crippen LogP contribution is -2.50. The van der Waals surface area contributed by atoms with E-state index in [-0.39, 0.29) is 0 Å². The molecule has 0 aromatic carbocycles. The van der Waals surface area contributed by atoms with Crippen LogP contribution in [0.25, 0.3) is 0 Å². The predicted molar refractivity (Wildman–Crippen MR) is 89.9 cm³/mol. The highest BCUT2D eigenvalue weighted by molar-refractivity contribution is 4.94. The molecule has 0 saturated heterocycles. The summed E-state index contributed by atoms with van der Waals surface area (Å²) in [5, 5.41) is 0. The van der Waals surface area contributed by atoms with Gasteiger partial charge in [0, 0.05) is 18.6 Å². The van der Waals surface area contributed by atoms with E-state index in [2.05, 4.69) is 46.4 Å². The normalized spacial score (nSPS) is 30.1. The van der Waals surface area contributed by atoms with Gasteiger partial charge < -0.3 is 10.6 Å². The molecule has 2 N–H and O–H groups in total. The Morgan fingerprint density at radius 3 is 2.40 bits per heavy atom. The summed E-state index contributed by atoms with van der Waals surface area (Å²) in [6, 6.07) is 1.06. The van der Waals surface area contributed by atoms with Crippen LogP contribution in [0, 0.1) is 17.3 Å². The van der Waals surface area contributed by atoms with Gasteiger partial charge in [-0.2, -0.15) is 0 Å². The Labute approximate surface area is 127 Å². The standard InChI is InChI=1S/C18H38N2/c1-7-8-9-12-20(14(2)3)13-16-10-11-17(19)15(4)18(16,5)6/h14-17H,7-13,19H2,1-6H3. The molecule has 1 saturated carbocycles. The lowest BCUT2D eigenvalue weighted by molar-refractivity contribution is 0.0214. The van der Waals surface area contributed by atoms with E-state index in [1.807, 2.05) is 0 Å². The fourth-order valence-electron chi connectivity index (χ4n) is 3.67. The molecule has 1 aliphatic carbocycles. The van der Waals surface area contributed by atoms with Gasteiger partial charge in [0.25, 0.3) is 0 Å². The zero-order valence-corrected chi connectivity index (χ0v) is 14.8. The summed E-state index contributed by atoms with van der Waals surface area (Å²) >= 11 is 0. The smallest absolute Gasteiger partial charge is 0.00698 e. The molecule has 1 aliphatic rings. The van der Waals surface area contributed by atoms with E-state index < -0.39 is 0 Å². The van der Waals surface area contributed by atoms with Gasteiger partial charge >= 0.3 is 0 Å². The maximum atomic E-state index is 6.29. The number of nitrogens with zero attached hydrogens (tertiary/aromatic N) is 1. The van der Waals surface area contributed by atoms with Crippen molar-refractivity contribution >= 4 is 0 Å². The highest BCUT2D eigenvalue weighted by Crippen LogP contribution is 2.44. The summed E-state index contributed by atoms with van der Waals surface area (Å²) < 4.78 is 0. The van der Waals surface area contributed by atoms with E-state index in [1.165, 1.54) is 45.2 Å². The van der Waals surface area contributed by atoms with Gasteiger partial charge in [-0.15, -0.1) is 0 Å². The third-order valence-electron chi connectivity index (χ3n) is 5.95. The van der Waals surface area contributed by atoms with E-state index in [0.717, 1.165) is 5.92 Å². The third-order valence-corrected chi connectivity index (χ3v) is 5.95. The molecule has 0 radical (unpaired) electrons. The molecule has 3 unspecified atom stereocenters. The minimum absolute atomic E-state index is 0.371. The van der Waals surface area contributed by atoms with Crippen LogP contribution in [0.1, 0.15) is 73.6 Å². The van der Waals surface area contributed by atoms with E-state index in [1.54, 1.807) is 0 Å². The Kier molecular flexibility index (Phi) is 7.00. The first kappa shape index (κ1) is 18.0. The lowest BCUT2D eigenvalue weighted by atomic mass is 9.61. The Morgan fingerprint density at radius 2 is 1.85 bits per heavy atom. The van der Waals surface area contributed by atoms with Gasteiger partial charge in [0.2, 0.25) is 0 Å².